The van der Waals surface area contributed by atoms with E-state index in [2.05, 4.69) is 30.0 Å². The van der Waals surface area contributed by atoms with Crippen LogP contribution in [0.5, 0.6) is 0 Å². The van der Waals surface area contributed by atoms with Crippen molar-refractivity contribution in [1.82, 2.24) is 4.67 Å². The molecule has 2 nitrogen and oxygen atoms in total. The highest BCUT2D eigenvalue weighted by atomic mass is 79.9. The van der Waals surface area contributed by atoms with E-state index in [9.17, 15) is 5.11 Å². The molecule has 1 heterocycles. The van der Waals surface area contributed by atoms with Gasteiger partial charge in [0.15, 0.2) is 0 Å². The fourth-order valence-electron chi connectivity index (χ4n) is 0.927. The first-order valence-corrected chi connectivity index (χ1v) is 4.45. The Morgan fingerprint density at radius 1 is 1.67 bits per heavy atom. The van der Waals surface area contributed by atoms with E-state index in [1.165, 1.54) is 0 Å². The summed E-state index contributed by atoms with van der Waals surface area (Å²) in [6, 6.07) is 0. The quantitative estimate of drug-likeness (QED) is 0.469. The summed E-state index contributed by atoms with van der Waals surface area (Å²) in [6.45, 7) is 1.82. The van der Waals surface area contributed by atoms with Crippen LogP contribution in [0.2, 0.25) is 0 Å². The molecule has 0 amide bonds. The van der Waals surface area contributed by atoms with Gasteiger partial charge in [-0.05, 0) is 6.42 Å². The topological polar surface area (TPSA) is 23.5 Å². The second-order valence-electron chi connectivity index (χ2n) is 2.37. The Balaban J connectivity index is 2.35. The lowest BCUT2D eigenvalue weighted by atomic mass is 10.1. The number of alkyl halides is 1. The lowest BCUT2D eigenvalue weighted by molar-refractivity contribution is 0.120. The molecule has 4 heteroatoms. The summed E-state index contributed by atoms with van der Waals surface area (Å²) in [5.41, 5.74) is 0. The molecule has 0 radical (unpaired) electrons. The third-order valence-corrected chi connectivity index (χ3v) is 3.07. The lowest BCUT2D eigenvalue weighted by Crippen LogP contribution is -2.39. The molecule has 0 aromatic rings. The summed E-state index contributed by atoms with van der Waals surface area (Å²) in [5.74, 6) is 0. The van der Waals surface area contributed by atoms with E-state index in [1.54, 1.807) is 0 Å². The molecule has 9 heavy (non-hydrogen) atoms. The van der Waals surface area contributed by atoms with Crippen LogP contribution in [0.25, 0.3) is 0 Å². The third kappa shape index (κ3) is 2.15. The van der Waals surface area contributed by atoms with Gasteiger partial charge in [0.1, 0.15) is 0 Å². The molecule has 1 N–H and O–H groups in total. The van der Waals surface area contributed by atoms with Gasteiger partial charge in [0.25, 0.3) is 0 Å². The van der Waals surface area contributed by atoms with Gasteiger partial charge < -0.3 is 5.11 Å². The summed E-state index contributed by atoms with van der Waals surface area (Å²) in [6.07, 6.45) is 0.834. The highest BCUT2D eigenvalue weighted by Gasteiger charge is 2.22. The number of nitrogens with zero attached hydrogens (tertiary/aromatic N) is 1. The molecule has 0 bridgehead atoms. The van der Waals surface area contributed by atoms with Crippen molar-refractivity contribution in [3.8, 4) is 0 Å². The Labute approximate surface area is 66.0 Å². The van der Waals surface area contributed by atoms with Gasteiger partial charge in [-0.3, -0.25) is 4.67 Å². The second-order valence-corrected chi connectivity index (χ2v) is 4.27. The summed E-state index contributed by atoms with van der Waals surface area (Å²) >= 11 is 3.40. The number of β-amino-alcohol motifs (C(OH)–C–C–N with tert-alkyl or cyclic N) is 1. The average molecular weight is 212 g/mol. The van der Waals surface area contributed by atoms with Crippen LogP contribution in [-0.2, 0) is 0 Å². The van der Waals surface area contributed by atoms with E-state index in [0.717, 1.165) is 19.5 Å². The molecule has 0 aromatic heterocycles. The molecule has 0 aliphatic carbocycles. The van der Waals surface area contributed by atoms with Gasteiger partial charge in [-0.15, -0.1) is 0 Å². The van der Waals surface area contributed by atoms with Crippen molar-refractivity contribution in [2.24, 2.45) is 0 Å². The van der Waals surface area contributed by atoms with Crippen molar-refractivity contribution >= 4 is 25.3 Å². The van der Waals surface area contributed by atoms with E-state index < -0.39 is 0 Å². The molecular weight excluding hydrogens is 201 g/mol. The van der Waals surface area contributed by atoms with E-state index >= 15 is 0 Å². The molecule has 1 aliphatic heterocycles. The number of rotatable bonds is 0. The highest BCUT2D eigenvalue weighted by Crippen LogP contribution is 2.19. The summed E-state index contributed by atoms with van der Waals surface area (Å²) in [4.78, 5) is 0.300. The van der Waals surface area contributed by atoms with Crippen LogP contribution in [0, 0.1) is 0 Å². The van der Waals surface area contributed by atoms with Gasteiger partial charge in [0.05, 0.1) is 6.10 Å². The fourth-order valence-corrected chi connectivity index (χ4v) is 1.66. The van der Waals surface area contributed by atoms with Crippen molar-refractivity contribution < 1.29 is 5.11 Å². The maximum absolute atomic E-state index is 9.25. The van der Waals surface area contributed by atoms with Gasteiger partial charge in [-0.1, -0.05) is 25.3 Å². The monoisotopic (exact) mass is 211 g/mol. The Bertz CT molecular complexity index is 103. The van der Waals surface area contributed by atoms with Crippen molar-refractivity contribution in [1.29, 1.82) is 0 Å². The number of hydrogen-bond donors (Lipinski definition) is 1. The first kappa shape index (κ1) is 7.93. The summed E-state index contributed by atoms with van der Waals surface area (Å²) in [5, 5.41) is 9.25. The minimum atomic E-state index is -0.198. The summed E-state index contributed by atoms with van der Waals surface area (Å²) in [7, 11) is 2.60. The summed E-state index contributed by atoms with van der Waals surface area (Å²) < 4.78 is 2.06. The van der Waals surface area contributed by atoms with Gasteiger partial charge >= 0.3 is 0 Å². The van der Waals surface area contributed by atoms with Crippen LogP contribution in [-0.4, -0.2) is 33.8 Å². The maximum Gasteiger partial charge on any atom is 0.0795 e. The first-order chi connectivity index (χ1) is 4.20. The number of aliphatic hydroxyl groups is 1. The van der Waals surface area contributed by atoms with Crippen LogP contribution >= 0.6 is 25.3 Å². The van der Waals surface area contributed by atoms with Crippen LogP contribution in [0.3, 0.4) is 0 Å². The molecule has 0 aromatic carbocycles. The van der Waals surface area contributed by atoms with Crippen LogP contribution in [0.1, 0.15) is 6.42 Å². The minimum Gasteiger partial charge on any atom is -0.391 e. The molecular formula is C5H11BrNOP. The number of hydrogen-bond acceptors (Lipinski definition) is 2. The maximum atomic E-state index is 9.25. The van der Waals surface area contributed by atoms with Crippen LogP contribution in [0.15, 0.2) is 0 Å². The molecule has 0 saturated carbocycles. The average Bonchev–Trinajstić information content (AvgIpc) is 1.80. The van der Waals surface area contributed by atoms with Gasteiger partial charge in [-0.25, -0.2) is 0 Å². The number of halogens is 1. The molecule has 0 spiro atoms. The Hall–Kier alpha value is 0.830. The van der Waals surface area contributed by atoms with Gasteiger partial charge in [0.2, 0.25) is 0 Å². The van der Waals surface area contributed by atoms with E-state index in [1.807, 2.05) is 0 Å². The Morgan fingerprint density at radius 3 is 2.78 bits per heavy atom. The van der Waals surface area contributed by atoms with Crippen LogP contribution < -0.4 is 0 Å². The van der Waals surface area contributed by atoms with E-state index in [-0.39, 0.29) is 6.10 Å². The highest BCUT2D eigenvalue weighted by molar-refractivity contribution is 9.09. The number of aliphatic hydroxyl groups excluding tert-OH is 1. The minimum absolute atomic E-state index is 0.198. The lowest BCUT2D eigenvalue weighted by Gasteiger charge is -2.29. The molecule has 3 unspecified atom stereocenters. The Kier molecular flexibility index (Phi) is 2.90. The zero-order valence-corrected chi connectivity index (χ0v) is 7.87. The number of piperidine rings is 1. The van der Waals surface area contributed by atoms with Crippen molar-refractivity contribution in [2.75, 3.05) is 13.1 Å². The predicted molar refractivity (Wildman–Crippen MR) is 44.6 cm³/mol. The van der Waals surface area contributed by atoms with Crippen molar-refractivity contribution in [2.45, 2.75) is 17.4 Å². The van der Waals surface area contributed by atoms with Crippen molar-refractivity contribution in [3.05, 3.63) is 0 Å². The molecule has 1 rings (SSSR count). The molecule has 1 aliphatic rings. The van der Waals surface area contributed by atoms with E-state index in [4.69, 9.17) is 0 Å². The standard InChI is InChI=1S/C5H11BrNOP/c6-4-1-2-7(9)3-5(4)8/h4-5,8H,1-3,9H2. The zero-order chi connectivity index (χ0) is 6.85. The van der Waals surface area contributed by atoms with Crippen molar-refractivity contribution in [3.63, 3.8) is 0 Å². The molecule has 1 fully saturated rings. The molecule has 54 valence electrons. The normalized spacial score (nSPS) is 39.0. The second kappa shape index (κ2) is 3.29. The van der Waals surface area contributed by atoms with Gasteiger partial charge in [-0.2, -0.15) is 0 Å². The largest absolute Gasteiger partial charge is 0.391 e. The molecule has 1 saturated heterocycles. The smallest absolute Gasteiger partial charge is 0.0795 e. The van der Waals surface area contributed by atoms with Crippen LogP contribution in [0.4, 0.5) is 0 Å². The predicted octanol–water partition coefficient (Wildman–Crippen LogP) is 0.607. The first-order valence-electron chi connectivity index (χ1n) is 3.02. The SMILES string of the molecule is OC1CN(P)CCC1Br. The molecule has 3 atom stereocenters. The fraction of sp³-hybridized carbons (Fsp3) is 1.00. The Morgan fingerprint density at radius 2 is 2.33 bits per heavy atom. The van der Waals surface area contributed by atoms with Gasteiger partial charge in [0, 0.05) is 17.9 Å². The van der Waals surface area contributed by atoms with E-state index in [0.29, 0.717) is 4.83 Å². The third-order valence-electron chi connectivity index (χ3n) is 1.53. The zero-order valence-electron chi connectivity index (χ0n) is 5.13.